The van der Waals surface area contributed by atoms with Crippen molar-refractivity contribution in [2.45, 2.75) is 20.0 Å². The molecule has 0 spiro atoms. The number of aryl methyl sites for hydroxylation is 1. The highest BCUT2D eigenvalue weighted by Crippen LogP contribution is 2.27. The van der Waals surface area contributed by atoms with E-state index in [-0.39, 0.29) is 10.7 Å². The molecule has 4 aromatic rings. The summed E-state index contributed by atoms with van der Waals surface area (Å²) >= 11 is 5.97. The zero-order valence-corrected chi connectivity index (χ0v) is 18.0. The summed E-state index contributed by atoms with van der Waals surface area (Å²) < 4.78 is 12.6. The van der Waals surface area contributed by atoms with E-state index in [0.717, 1.165) is 5.69 Å². The van der Waals surface area contributed by atoms with Gasteiger partial charge in [0.15, 0.2) is 17.0 Å². The summed E-state index contributed by atoms with van der Waals surface area (Å²) in [4.78, 5) is 29.4. The average molecular weight is 451 g/mol. The maximum absolute atomic E-state index is 13.0. The largest absolute Gasteiger partial charge is 0.460 e. The summed E-state index contributed by atoms with van der Waals surface area (Å²) in [6, 6.07) is 16.1. The summed E-state index contributed by atoms with van der Waals surface area (Å²) in [6.07, 6.45) is 1.96. The van der Waals surface area contributed by atoms with Crippen LogP contribution in [0.1, 0.15) is 23.0 Å². The normalized spacial score (nSPS) is 11.7. The van der Waals surface area contributed by atoms with E-state index in [9.17, 15) is 9.59 Å². The summed E-state index contributed by atoms with van der Waals surface area (Å²) in [7, 11) is 0. The number of esters is 1. The van der Waals surface area contributed by atoms with Crippen molar-refractivity contribution in [3.63, 3.8) is 0 Å². The van der Waals surface area contributed by atoms with Crippen molar-refractivity contribution in [1.29, 1.82) is 0 Å². The number of ether oxygens (including phenoxy) is 1. The molecule has 1 atom stereocenters. The minimum absolute atomic E-state index is 0.138. The number of aromatic nitrogens is 3. The molecule has 0 radical (unpaired) electrons. The summed E-state index contributed by atoms with van der Waals surface area (Å²) in [5.74, 6) is -0.159. The van der Waals surface area contributed by atoms with Crippen LogP contribution >= 0.6 is 11.6 Å². The third-order valence-corrected chi connectivity index (χ3v) is 4.90. The minimum atomic E-state index is -1.09. The average Bonchev–Trinajstić information content (AvgIpc) is 3.42. The fourth-order valence-corrected chi connectivity index (χ4v) is 3.14. The van der Waals surface area contributed by atoms with Crippen molar-refractivity contribution in [2.24, 2.45) is 0 Å². The number of para-hydroxylation sites is 1. The monoisotopic (exact) mass is 450 g/mol. The molecule has 8 nitrogen and oxygen atoms in total. The number of pyridine rings is 1. The second-order valence-corrected chi connectivity index (χ2v) is 7.32. The van der Waals surface area contributed by atoms with Gasteiger partial charge in [0.2, 0.25) is 0 Å². The number of amides is 1. The Morgan fingerprint density at radius 3 is 2.59 bits per heavy atom. The lowest BCUT2D eigenvalue weighted by Gasteiger charge is -2.13. The van der Waals surface area contributed by atoms with Crippen LogP contribution in [0, 0.1) is 6.92 Å². The molecule has 0 aliphatic carbocycles. The lowest BCUT2D eigenvalue weighted by Crippen LogP contribution is -2.30. The number of rotatable bonds is 6. The van der Waals surface area contributed by atoms with E-state index in [0.29, 0.717) is 22.9 Å². The van der Waals surface area contributed by atoms with E-state index in [1.807, 2.05) is 30.3 Å². The molecule has 0 unspecified atom stereocenters. The molecule has 1 aromatic carbocycles. The quantitative estimate of drug-likeness (QED) is 0.338. The zero-order valence-electron chi connectivity index (χ0n) is 17.3. The first-order valence-corrected chi connectivity index (χ1v) is 10.1. The second kappa shape index (κ2) is 9.07. The molecule has 0 saturated carbocycles. The predicted molar refractivity (Wildman–Crippen MR) is 119 cm³/mol. The lowest BCUT2D eigenvalue weighted by atomic mass is 10.2. The predicted octanol–water partition coefficient (Wildman–Crippen LogP) is 4.67. The van der Waals surface area contributed by atoms with Crippen molar-refractivity contribution in [2.75, 3.05) is 5.32 Å². The van der Waals surface area contributed by atoms with Crippen LogP contribution in [0.3, 0.4) is 0 Å². The Kier molecular flexibility index (Phi) is 6.04. The highest BCUT2D eigenvalue weighted by Gasteiger charge is 2.26. The van der Waals surface area contributed by atoms with Gasteiger partial charge in [-0.3, -0.25) is 4.79 Å². The number of nitrogens with zero attached hydrogens (tertiary/aromatic N) is 3. The zero-order chi connectivity index (χ0) is 22.7. The summed E-state index contributed by atoms with van der Waals surface area (Å²) in [5, 5.41) is 7.25. The third kappa shape index (κ3) is 4.55. The Morgan fingerprint density at radius 2 is 1.91 bits per heavy atom. The summed E-state index contributed by atoms with van der Waals surface area (Å²) in [6.45, 7) is 3.27. The summed E-state index contributed by atoms with van der Waals surface area (Å²) in [5.41, 5.74) is 1.57. The number of hydrogen-bond acceptors (Lipinski definition) is 6. The lowest BCUT2D eigenvalue weighted by molar-refractivity contribution is -0.123. The van der Waals surface area contributed by atoms with Gasteiger partial charge in [-0.15, -0.1) is 0 Å². The van der Waals surface area contributed by atoms with E-state index >= 15 is 0 Å². The minimum Gasteiger partial charge on any atom is -0.460 e. The molecule has 0 bridgehead atoms. The SMILES string of the molecule is Cc1ccc(-c2nn(-c3ccccc3)cc2C(=O)O[C@H](C)C(=O)Nc2cccnc2Cl)o1. The van der Waals surface area contributed by atoms with Crippen LogP contribution < -0.4 is 5.32 Å². The Balaban J connectivity index is 1.59. The van der Waals surface area contributed by atoms with Crippen molar-refractivity contribution < 1.29 is 18.7 Å². The van der Waals surface area contributed by atoms with Gasteiger partial charge in [0.25, 0.3) is 5.91 Å². The molecule has 162 valence electrons. The molecular weight excluding hydrogens is 432 g/mol. The number of furan rings is 1. The van der Waals surface area contributed by atoms with Crippen LogP contribution in [0.2, 0.25) is 5.15 Å². The number of carbonyl (C=O) groups excluding carboxylic acids is 2. The van der Waals surface area contributed by atoms with E-state index in [4.69, 9.17) is 20.8 Å². The van der Waals surface area contributed by atoms with Crippen LogP contribution in [0.25, 0.3) is 17.1 Å². The Bertz CT molecular complexity index is 1270. The van der Waals surface area contributed by atoms with Crippen LogP contribution in [0.15, 0.2) is 71.4 Å². The third-order valence-electron chi connectivity index (χ3n) is 4.60. The van der Waals surface area contributed by atoms with Gasteiger partial charge in [0, 0.05) is 12.4 Å². The number of carbonyl (C=O) groups is 2. The van der Waals surface area contributed by atoms with Crippen molar-refractivity contribution >= 4 is 29.2 Å². The van der Waals surface area contributed by atoms with Gasteiger partial charge < -0.3 is 14.5 Å². The van der Waals surface area contributed by atoms with Gasteiger partial charge in [0.1, 0.15) is 17.0 Å². The van der Waals surface area contributed by atoms with E-state index in [1.54, 1.807) is 42.1 Å². The van der Waals surface area contributed by atoms with Gasteiger partial charge in [-0.25, -0.2) is 14.5 Å². The first-order chi connectivity index (χ1) is 15.4. The molecule has 1 N–H and O–H groups in total. The number of anilines is 1. The molecule has 0 fully saturated rings. The first-order valence-electron chi connectivity index (χ1n) is 9.76. The number of hydrogen-bond donors (Lipinski definition) is 1. The standard InChI is InChI=1S/C23H19ClN4O4/c1-14-10-11-19(31-14)20-17(13-28(27-20)16-7-4-3-5-8-16)23(30)32-15(2)22(29)26-18-9-6-12-25-21(18)24/h3-13,15H,1-2H3,(H,26,29)/t15-/m1/s1. The van der Waals surface area contributed by atoms with Gasteiger partial charge in [-0.1, -0.05) is 29.8 Å². The van der Waals surface area contributed by atoms with Gasteiger partial charge >= 0.3 is 5.97 Å². The Labute approximate surface area is 188 Å². The molecule has 1 amide bonds. The van der Waals surface area contributed by atoms with Gasteiger partial charge in [0.05, 0.1) is 11.4 Å². The van der Waals surface area contributed by atoms with E-state index < -0.39 is 18.0 Å². The molecule has 0 aliphatic rings. The van der Waals surface area contributed by atoms with Crippen molar-refractivity contribution in [3.05, 3.63) is 83.5 Å². The number of halogens is 1. The maximum atomic E-state index is 13.0. The highest BCUT2D eigenvalue weighted by molar-refractivity contribution is 6.32. The smallest absolute Gasteiger partial charge is 0.342 e. The van der Waals surface area contributed by atoms with Crippen LogP contribution in [-0.2, 0) is 9.53 Å². The highest BCUT2D eigenvalue weighted by atomic mass is 35.5. The first kappa shape index (κ1) is 21.3. The van der Waals surface area contributed by atoms with Crippen LogP contribution in [-0.4, -0.2) is 32.7 Å². The molecule has 32 heavy (non-hydrogen) atoms. The second-order valence-electron chi connectivity index (χ2n) is 6.96. The topological polar surface area (TPSA) is 99.2 Å². The molecule has 3 heterocycles. The Morgan fingerprint density at radius 1 is 1.12 bits per heavy atom. The van der Waals surface area contributed by atoms with Crippen LogP contribution in [0.4, 0.5) is 5.69 Å². The van der Waals surface area contributed by atoms with Gasteiger partial charge in [-0.2, -0.15) is 5.10 Å². The van der Waals surface area contributed by atoms with E-state index in [1.165, 1.54) is 13.1 Å². The van der Waals surface area contributed by atoms with Gasteiger partial charge in [-0.05, 0) is 50.2 Å². The van der Waals surface area contributed by atoms with Crippen molar-refractivity contribution in [1.82, 2.24) is 14.8 Å². The molecule has 0 saturated heterocycles. The number of nitrogens with one attached hydrogen (secondary N) is 1. The molecule has 3 aromatic heterocycles. The molecular formula is C23H19ClN4O4. The maximum Gasteiger partial charge on any atom is 0.342 e. The van der Waals surface area contributed by atoms with Crippen LogP contribution in [0.5, 0.6) is 0 Å². The fourth-order valence-electron chi connectivity index (χ4n) is 2.97. The molecule has 0 aliphatic heterocycles. The fraction of sp³-hybridized carbons (Fsp3) is 0.130. The number of benzene rings is 1. The Hall–Kier alpha value is -3.91. The molecule has 9 heteroatoms. The molecule has 4 rings (SSSR count). The van der Waals surface area contributed by atoms with E-state index in [2.05, 4.69) is 15.4 Å². The van der Waals surface area contributed by atoms with Crippen molar-refractivity contribution in [3.8, 4) is 17.1 Å².